The number of nitrogens with one attached hydrogen (secondary N) is 1. The lowest BCUT2D eigenvalue weighted by Gasteiger charge is -2.19. The Labute approximate surface area is 122 Å². The highest BCUT2D eigenvalue weighted by molar-refractivity contribution is 5.25. The van der Waals surface area contributed by atoms with Gasteiger partial charge in [0.15, 0.2) is 0 Å². The van der Waals surface area contributed by atoms with E-state index < -0.39 is 0 Å². The molecule has 0 saturated carbocycles. The van der Waals surface area contributed by atoms with Gasteiger partial charge in [0, 0.05) is 5.69 Å². The van der Waals surface area contributed by atoms with Gasteiger partial charge in [0.05, 0.1) is 11.7 Å². The number of benzene rings is 1. The number of rotatable bonds is 6. The first kappa shape index (κ1) is 14.7. The van der Waals surface area contributed by atoms with E-state index >= 15 is 0 Å². The van der Waals surface area contributed by atoms with Crippen LogP contribution in [0.15, 0.2) is 42.5 Å². The Morgan fingerprint density at radius 1 is 1.10 bits per heavy atom. The third kappa shape index (κ3) is 4.17. The first-order chi connectivity index (χ1) is 9.69. The van der Waals surface area contributed by atoms with Crippen molar-refractivity contribution in [2.75, 3.05) is 6.54 Å². The van der Waals surface area contributed by atoms with Crippen LogP contribution in [0.2, 0.25) is 0 Å². The molecule has 1 N–H and O–H groups in total. The van der Waals surface area contributed by atoms with Crippen molar-refractivity contribution in [2.45, 2.75) is 39.7 Å². The summed E-state index contributed by atoms with van der Waals surface area (Å²) in [7, 11) is 0. The highest BCUT2D eigenvalue weighted by Crippen LogP contribution is 2.18. The van der Waals surface area contributed by atoms with Gasteiger partial charge in [0.2, 0.25) is 0 Å². The van der Waals surface area contributed by atoms with E-state index in [0.717, 1.165) is 30.8 Å². The summed E-state index contributed by atoms with van der Waals surface area (Å²) in [5.41, 5.74) is 4.89. The molecule has 0 saturated heterocycles. The Bertz CT molecular complexity index is 549. The molecule has 1 atom stereocenters. The van der Waals surface area contributed by atoms with Crippen molar-refractivity contribution in [1.82, 2.24) is 10.3 Å². The maximum atomic E-state index is 4.68. The molecule has 0 aliphatic carbocycles. The maximum Gasteiger partial charge on any atom is 0.0579 e. The maximum absolute atomic E-state index is 4.68. The molecule has 0 bridgehead atoms. The van der Waals surface area contributed by atoms with Gasteiger partial charge in [0.25, 0.3) is 0 Å². The van der Waals surface area contributed by atoms with Crippen LogP contribution >= 0.6 is 0 Å². The average Bonchev–Trinajstić information content (AvgIpc) is 2.43. The Morgan fingerprint density at radius 3 is 2.60 bits per heavy atom. The van der Waals surface area contributed by atoms with Crippen LogP contribution in [0.3, 0.4) is 0 Å². The van der Waals surface area contributed by atoms with Gasteiger partial charge in [-0.15, -0.1) is 0 Å². The van der Waals surface area contributed by atoms with Crippen LogP contribution in [0, 0.1) is 13.8 Å². The van der Waals surface area contributed by atoms with Crippen LogP contribution < -0.4 is 5.32 Å². The third-order valence-corrected chi connectivity index (χ3v) is 3.43. The van der Waals surface area contributed by atoms with E-state index in [1.54, 1.807) is 0 Å². The summed E-state index contributed by atoms with van der Waals surface area (Å²) in [6, 6.07) is 15.3. The van der Waals surface area contributed by atoms with Gasteiger partial charge in [-0.2, -0.15) is 0 Å². The van der Waals surface area contributed by atoms with Crippen LogP contribution in [0.5, 0.6) is 0 Å². The molecule has 1 unspecified atom stereocenters. The molecule has 0 fully saturated rings. The van der Waals surface area contributed by atoms with Gasteiger partial charge >= 0.3 is 0 Å². The second-order valence-corrected chi connectivity index (χ2v) is 5.40. The van der Waals surface area contributed by atoms with Crippen LogP contribution in [0.25, 0.3) is 0 Å². The second kappa shape index (κ2) is 7.20. The summed E-state index contributed by atoms with van der Waals surface area (Å²) in [6.45, 7) is 7.41. The fourth-order valence-electron chi connectivity index (χ4n) is 2.43. The van der Waals surface area contributed by atoms with Crippen molar-refractivity contribution in [3.8, 4) is 0 Å². The van der Waals surface area contributed by atoms with E-state index in [-0.39, 0.29) is 6.04 Å². The minimum atomic E-state index is 0.289. The van der Waals surface area contributed by atoms with Crippen molar-refractivity contribution in [3.63, 3.8) is 0 Å². The smallest absolute Gasteiger partial charge is 0.0579 e. The minimum absolute atomic E-state index is 0.289. The van der Waals surface area contributed by atoms with Gasteiger partial charge in [0.1, 0.15) is 0 Å². The third-order valence-electron chi connectivity index (χ3n) is 3.43. The Hall–Kier alpha value is -1.67. The number of nitrogens with zero attached hydrogens (tertiary/aromatic N) is 1. The highest BCUT2D eigenvalue weighted by Gasteiger charge is 2.13. The predicted octanol–water partition coefficient (Wildman–Crippen LogP) is 3.98. The molecular weight excluding hydrogens is 244 g/mol. The van der Waals surface area contributed by atoms with Gasteiger partial charge < -0.3 is 5.32 Å². The summed E-state index contributed by atoms with van der Waals surface area (Å²) in [5.74, 6) is 0. The quantitative estimate of drug-likeness (QED) is 0.857. The lowest BCUT2D eigenvalue weighted by Crippen LogP contribution is -2.25. The Morgan fingerprint density at radius 2 is 1.90 bits per heavy atom. The molecule has 1 aromatic carbocycles. The number of hydrogen-bond acceptors (Lipinski definition) is 2. The van der Waals surface area contributed by atoms with Crippen LogP contribution in [-0.2, 0) is 6.42 Å². The molecule has 2 nitrogen and oxygen atoms in total. The van der Waals surface area contributed by atoms with Crippen molar-refractivity contribution in [3.05, 3.63) is 65.0 Å². The van der Waals surface area contributed by atoms with Gasteiger partial charge in [-0.25, -0.2) is 0 Å². The van der Waals surface area contributed by atoms with Crippen LogP contribution in [0.1, 0.15) is 41.9 Å². The number of pyridine rings is 1. The monoisotopic (exact) mass is 268 g/mol. The van der Waals surface area contributed by atoms with E-state index in [1.165, 1.54) is 11.1 Å². The zero-order chi connectivity index (χ0) is 14.4. The molecule has 2 aromatic rings. The number of hydrogen-bond donors (Lipinski definition) is 1. The van der Waals surface area contributed by atoms with E-state index in [1.807, 2.05) is 13.0 Å². The van der Waals surface area contributed by atoms with Crippen molar-refractivity contribution >= 4 is 0 Å². The Kier molecular flexibility index (Phi) is 5.31. The van der Waals surface area contributed by atoms with Gasteiger partial charge in [-0.1, -0.05) is 42.8 Å². The fourth-order valence-corrected chi connectivity index (χ4v) is 2.43. The topological polar surface area (TPSA) is 24.9 Å². The lowest BCUT2D eigenvalue weighted by atomic mass is 10.0. The standard InChI is InChI=1S/C18H24N2/c1-4-11-19-18(17-10-6-8-15(3)20-17)13-16-9-5-7-14(2)12-16/h5-10,12,18-19H,4,11,13H2,1-3H3. The molecule has 2 rings (SSSR count). The van der Waals surface area contributed by atoms with Crippen LogP contribution in [-0.4, -0.2) is 11.5 Å². The SMILES string of the molecule is CCCNC(Cc1cccc(C)c1)c1cccc(C)n1. The van der Waals surface area contributed by atoms with Gasteiger partial charge in [-0.05, 0) is 50.9 Å². The summed E-state index contributed by atoms with van der Waals surface area (Å²) in [4.78, 5) is 4.68. The lowest BCUT2D eigenvalue weighted by molar-refractivity contribution is 0.517. The van der Waals surface area contributed by atoms with Crippen molar-refractivity contribution in [1.29, 1.82) is 0 Å². The number of aromatic nitrogens is 1. The van der Waals surface area contributed by atoms with Crippen LogP contribution in [0.4, 0.5) is 0 Å². The molecule has 0 aliphatic heterocycles. The summed E-state index contributed by atoms with van der Waals surface area (Å²) in [6.07, 6.45) is 2.12. The Balaban J connectivity index is 2.19. The van der Waals surface area contributed by atoms with E-state index in [9.17, 15) is 0 Å². The largest absolute Gasteiger partial charge is 0.308 e. The van der Waals surface area contributed by atoms with E-state index in [0.29, 0.717) is 0 Å². The highest BCUT2D eigenvalue weighted by atomic mass is 14.9. The molecule has 20 heavy (non-hydrogen) atoms. The zero-order valence-electron chi connectivity index (χ0n) is 12.7. The summed E-state index contributed by atoms with van der Waals surface area (Å²) >= 11 is 0. The summed E-state index contributed by atoms with van der Waals surface area (Å²) < 4.78 is 0. The first-order valence-corrected chi connectivity index (χ1v) is 7.41. The predicted molar refractivity (Wildman–Crippen MR) is 84.9 cm³/mol. The average molecular weight is 268 g/mol. The number of aryl methyl sites for hydroxylation is 2. The molecule has 106 valence electrons. The van der Waals surface area contributed by atoms with Gasteiger partial charge in [-0.3, -0.25) is 4.98 Å². The van der Waals surface area contributed by atoms with Crippen molar-refractivity contribution in [2.24, 2.45) is 0 Å². The first-order valence-electron chi connectivity index (χ1n) is 7.41. The molecule has 1 heterocycles. The second-order valence-electron chi connectivity index (χ2n) is 5.40. The molecule has 0 radical (unpaired) electrons. The molecule has 0 aliphatic rings. The molecule has 0 amide bonds. The molecular formula is C18H24N2. The summed E-state index contributed by atoms with van der Waals surface area (Å²) in [5, 5.41) is 3.62. The fraction of sp³-hybridized carbons (Fsp3) is 0.389. The van der Waals surface area contributed by atoms with E-state index in [2.05, 4.69) is 60.5 Å². The van der Waals surface area contributed by atoms with Crippen molar-refractivity contribution < 1.29 is 0 Å². The van der Waals surface area contributed by atoms with E-state index in [4.69, 9.17) is 0 Å². The molecule has 1 aromatic heterocycles. The molecule has 0 spiro atoms. The normalized spacial score (nSPS) is 12.3. The molecule has 2 heteroatoms. The zero-order valence-corrected chi connectivity index (χ0v) is 12.7. The minimum Gasteiger partial charge on any atom is -0.308 e.